The van der Waals surface area contributed by atoms with Crippen LogP contribution in [-0.2, 0) is 0 Å². The third-order valence-corrected chi connectivity index (χ3v) is 4.91. The van der Waals surface area contributed by atoms with E-state index in [0.717, 1.165) is 11.4 Å². The summed E-state index contributed by atoms with van der Waals surface area (Å²) in [5.41, 5.74) is 3.88. The molecule has 0 aliphatic heterocycles. The molecule has 2 heterocycles. The highest BCUT2D eigenvalue weighted by atomic mass is 32.1. The Hall–Kier alpha value is -2.44. The number of hydrogen-bond donors (Lipinski definition) is 1. The van der Waals surface area contributed by atoms with Crippen LogP contribution in [-0.4, -0.2) is 41.2 Å². The SMILES string of the molecule is Cc1ccnn1-c1ccc(C(=O)NCC(c2ccsc2)N(C)C)cc1. The predicted octanol–water partition coefficient (Wildman–Crippen LogP) is 3.27. The fourth-order valence-electron chi connectivity index (χ4n) is 2.75. The van der Waals surface area contributed by atoms with Gasteiger partial charge < -0.3 is 10.2 Å². The van der Waals surface area contributed by atoms with Gasteiger partial charge in [0.2, 0.25) is 0 Å². The summed E-state index contributed by atoms with van der Waals surface area (Å²) in [5.74, 6) is -0.0641. The number of likely N-dealkylation sites (N-methyl/N-ethyl adjacent to an activating group) is 1. The molecular weight excluding hydrogens is 332 g/mol. The van der Waals surface area contributed by atoms with Gasteiger partial charge in [-0.2, -0.15) is 16.4 Å². The summed E-state index contributed by atoms with van der Waals surface area (Å²) in [5, 5.41) is 11.5. The van der Waals surface area contributed by atoms with E-state index in [2.05, 4.69) is 32.1 Å². The predicted molar refractivity (Wildman–Crippen MR) is 101 cm³/mol. The molecule has 0 spiro atoms. The molecule has 1 amide bonds. The van der Waals surface area contributed by atoms with E-state index >= 15 is 0 Å². The lowest BCUT2D eigenvalue weighted by molar-refractivity contribution is 0.0942. The number of thiophene rings is 1. The van der Waals surface area contributed by atoms with E-state index in [-0.39, 0.29) is 11.9 Å². The third kappa shape index (κ3) is 3.97. The van der Waals surface area contributed by atoms with E-state index in [9.17, 15) is 4.79 Å². The van der Waals surface area contributed by atoms with Crippen LogP contribution in [0.1, 0.15) is 27.7 Å². The molecule has 0 aliphatic rings. The smallest absolute Gasteiger partial charge is 0.251 e. The molecule has 5 nitrogen and oxygen atoms in total. The number of amides is 1. The van der Waals surface area contributed by atoms with Gasteiger partial charge in [0.15, 0.2) is 0 Å². The summed E-state index contributed by atoms with van der Waals surface area (Å²) in [7, 11) is 4.05. The normalized spacial score (nSPS) is 12.3. The van der Waals surface area contributed by atoms with Gasteiger partial charge in [0.05, 0.1) is 11.7 Å². The van der Waals surface area contributed by atoms with Crippen molar-refractivity contribution in [3.05, 3.63) is 70.2 Å². The Morgan fingerprint density at radius 3 is 2.56 bits per heavy atom. The zero-order chi connectivity index (χ0) is 17.8. The van der Waals surface area contributed by atoms with E-state index in [1.165, 1.54) is 5.56 Å². The van der Waals surface area contributed by atoms with E-state index in [4.69, 9.17) is 0 Å². The van der Waals surface area contributed by atoms with Gasteiger partial charge in [0.1, 0.15) is 0 Å². The van der Waals surface area contributed by atoms with Crippen LogP contribution in [0.25, 0.3) is 5.69 Å². The van der Waals surface area contributed by atoms with Crippen molar-refractivity contribution in [3.63, 3.8) is 0 Å². The molecule has 0 saturated carbocycles. The fourth-order valence-corrected chi connectivity index (χ4v) is 3.46. The zero-order valence-electron chi connectivity index (χ0n) is 14.6. The molecule has 1 N–H and O–H groups in total. The minimum atomic E-state index is -0.0641. The first-order valence-electron chi connectivity index (χ1n) is 8.14. The first kappa shape index (κ1) is 17.4. The van der Waals surface area contributed by atoms with Gasteiger partial charge in [0, 0.05) is 24.0 Å². The van der Waals surface area contributed by atoms with Crippen molar-refractivity contribution in [3.8, 4) is 5.69 Å². The number of nitrogens with zero attached hydrogens (tertiary/aromatic N) is 3. The molecule has 3 rings (SSSR count). The van der Waals surface area contributed by atoms with Crippen LogP contribution >= 0.6 is 11.3 Å². The molecule has 25 heavy (non-hydrogen) atoms. The second-order valence-electron chi connectivity index (χ2n) is 6.18. The Labute approximate surface area is 151 Å². The number of aromatic nitrogens is 2. The first-order chi connectivity index (χ1) is 12.1. The summed E-state index contributed by atoms with van der Waals surface area (Å²) in [4.78, 5) is 14.6. The van der Waals surface area contributed by atoms with Crippen molar-refractivity contribution in [1.82, 2.24) is 20.0 Å². The Morgan fingerprint density at radius 2 is 2.00 bits per heavy atom. The van der Waals surface area contributed by atoms with Crippen LogP contribution in [0.3, 0.4) is 0 Å². The van der Waals surface area contributed by atoms with Crippen molar-refractivity contribution in [2.24, 2.45) is 0 Å². The zero-order valence-corrected chi connectivity index (χ0v) is 15.5. The maximum atomic E-state index is 12.5. The number of hydrogen-bond acceptors (Lipinski definition) is 4. The lowest BCUT2D eigenvalue weighted by Gasteiger charge is -2.24. The largest absolute Gasteiger partial charge is 0.350 e. The highest BCUT2D eigenvalue weighted by Crippen LogP contribution is 2.20. The van der Waals surface area contributed by atoms with Gasteiger partial charge in [-0.1, -0.05) is 0 Å². The summed E-state index contributed by atoms with van der Waals surface area (Å²) in [6, 6.07) is 11.7. The quantitative estimate of drug-likeness (QED) is 0.739. The van der Waals surface area contributed by atoms with Crippen LogP contribution in [0, 0.1) is 6.92 Å². The van der Waals surface area contributed by atoms with Crippen LogP contribution < -0.4 is 5.32 Å². The van der Waals surface area contributed by atoms with Crippen molar-refractivity contribution >= 4 is 17.2 Å². The first-order valence-corrected chi connectivity index (χ1v) is 9.08. The van der Waals surface area contributed by atoms with E-state index in [0.29, 0.717) is 12.1 Å². The van der Waals surface area contributed by atoms with Crippen molar-refractivity contribution in [1.29, 1.82) is 0 Å². The molecule has 0 aliphatic carbocycles. The molecule has 0 radical (unpaired) electrons. The van der Waals surface area contributed by atoms with E-state index < -0.39 is 0 Å². The number of nitrogens with one attached hydrogen (secondary N) is 1. The van der Waals surface area contributed by atoms with Crippen LogP contribution in [0.5, 0.6) is 0 Å². The van der Waals surface area contributed by atoms with Crippen molar-refractivity contribution in [2.45, 2.75) is 13.0 Å². The topological polar surface area (TPSA) is 50.2 Å². The van der Waals surface area contributed by atoms with E-state index in [1.54, 1.807) is 17.5 Å². The minimum absolute atomic E-state index is 0.0641. The van der Waals surface area contributed by atoms with Crippen LogP contribution in [0.2, 0.25) is 0 Å². The van der Waals surface area contributed by atoms with Gasteiger partial charge in [0.25, 0.3) is 5.91 Å². The second kappa shape index (κ2) is 7.63. The Morgan fingerprint density at radius 1 is 1.24 bits per heavy atom. The van der Waals surface area contributed by atoms with Gasteiger partial charge in [-0.05, 0) is 73.7 Å². The molecule has 1 aromatic carbocycles. The molecule has 1 unspecified atom stereocenters. The molecule has 130 valence electrons. The fraction of sp³-hybridized carbons (Fsp3) is 0.263. The average Bonchev–Trinajstić information content (AvgIpc) is 3.26. The van der Waals surface area contributed by atoms with Gasteiger partial charge >= 0.3 is 0 Å². The lowest BCUT2D eigenvalue weighted by atomic mass is 10.1. The number of carbonyl (C=O) groups is 1. The second-order valence-corrected chi connectivity index (χ2v) is 6.96. The lowest BCUT2D eigenvalue weighted by Crippen LogP contribution is -2.34. The van der Waals surface area contributed by atoms with Crippen molar-refractivity contribution < 1.29 is 4.79 Å². The number of aryl methyl sites for hydroxylation is 1. The number of carbonyl (C=O) groups excluding carboxylic acids is 1. The molecule has 0 bridgehead atoms. The third-order valence-electron chi connectivity index (χ3n) is 4.21. The van der Waals surface area contributed by atoms with E-state index in [1.807, 2.05) is 56.0 Å². The standard InChI is InChI=1S/C19H22N4OS/c1-14-8-10-21-23(14)17-6-4-15(5-7-17)19(24)20-12-18(22(2)3)16-9-11-25-13-16/h4-11,13,18H,12H2,1-3H3,(H,20,24). The maximum absolute atomic E-state index is 12.5. The maximum Gasteiger partial charge on any atom is 0.251 e. The highest BCUT2D eigenvalue weighted by molar-refractivity contribution is 7.07. The Kier molecular flexibility index (Phi) is 5.31. The molecule has 0 saturated heterocycles. The molecular formula is C19H22N4OS. The van der Waals surface area contributed by atoms with Crippen molar-refractivity contribution in [2.75, 3.05) is 20.6 Å². The Balaban J connectivity index is 1.66. The molecule has 6 heteroatoms. The summed E-state index contributed by atoms with van der Waals surface area (Å²) < 4.78 is 1.85. The Bertz CT molecular complexity index is 821. The number of rotatable bonds is 6. The molecule has 2 aromatic heterocycles. The summed E-state index contributed by atoms with van der Waals surface area (Å²) >= 11 is 1.67. The molecule has 1 atom stereocenters. The minimum Gasteiger partial charge on any atom is -0.350 e. The number of benzene rings is 1. The van der Waals surface area contributed by atoms with Crippen LogP contribution in [0.4, 0.5) is 0 Å². The monoisotopic (exact) mass is 354 g/mol. The van der Waals surface area contributed by atoms with Gasteiger partial charge in [-0.15, -0.1) is 0 Å². The van der Waals surface area contributed by atoms with Gasteiger partial charge in [-0.3, -0.25) is 4.79 Å². The molecule has 0 fully saturated rings. The molecule has 3 aromatic rings. The average molecular weight is 354 g/mol. The van der Waals surface area contributed by atoms with Gasteiger partial charge in [-0.25, -0.2) is 4.68 Å². The highest BCUT2D eigenvalue weighted by Gasteiger charge is 2.16. The van der Waals surface area contributed by atoms with Crippen LogP contribution in [0.15, 0.2) is 53.4 Å². The summed E-state index contributed by atoms with van der Waals surface area (Å²) in [6.45, 7) is 2.57. The summed E-state index contributed by atoms with van der Waals surface area (Å²) in [6.07, 6.45) is 1.77.